The van der Waals surface area contributed by atoms with Gasteiger partial charge >= 0.3 is 11.9 Å². The highest BCUT2D eigenvalue weighted by Gasteiger charge is 2.58. The van der Waals surface area contributed by atoms with Gasteiger partial charge in [0.1, 0.15) is 0 Å². The maximum atomic E-state index is 12.3. The average Bonchev–Trinajstić information content (AvgIpc) is 2.89. The highest BCUT2D eigenvalue weighted by Crippen LogP contribution is 2.52. The summed E-state index contributed by atoms with van der Waals surface area (Å²) < 4.78 is 10.1. The lowest BCUT2D eigenvalue weighted by atomic mass is 9.82. The monoisotopic (exact) mass is 280 g/mol. The van der Waals surface area contributed by atoms with Crippen LogP contribution in [0.25, 0.3) is 0 Å². The number of carbonyl (C=O) groups is 3. The van der Waals surface area contributed by atoms with Gasteiger partial charge in [-0.1, -0.05) is 12.5 Å². The van der Waals surface area contributed by atoms with Gasteiger partial charge in [-0.3, -0.25) is 14.4 Å². The Labute approximate surface area is 118 Å². The van der Waals surface area contributed by atoms with Crippen molar-refractivity contribution in [2.24, 2.45) is 17.3 Å². The lowest BCUT2D eigenvalue weighted by Crippen LogP contribution is -2.40. The summed E-state index contributed by atoms with van der Waals surface area (Å²) in [7, 11) is 0. The molecule has 0 aromatic rings. The molecule has 20 heavy (non-hydrogen) atoms. The lowest BCUT2D eigenvalue weighted by molar-refractivity contribution is -0.172. The molecule has 0 amide bonds. The summed E-state index contributed by atoms with van der Waals surface area (Å²) in [6.07, 6.45) is 2.13. The zero-order valence-corrected chi connectivity index (χ0v) is 12.1. The minimum Gasteiger partial charge on any atom is -0.465 e. The number of ketones is 1. The van der Waals surface area contributed by atoms with E-state index in [1.54, 1.807) is 19.9 Å². The summed E-state index contributed by atoms with van der Waals surface area (Å²) in [4.78, 5) is 36.2. The molecule has 1 fully saturated rings. The van der Waals surface area contributed by atoms with Gasteiger partial charge in [0.2, 0.25) is 0 Å². The summed E-state index contributed by atoms with van der Waals surface area (Å²) >= 11 is 0. The van der Waals surface area contributed by atoms with Crippen LogP contribution in [0.4, 0.5) is 0 Å². The summed E-state index contributed by atoms with van der Waals surface area (Å²) in [5.41, 5.74) is -0.388. The van der Waals surface area contributed by atoms with Crippen LogP contribution in [-0.4, -0.2) is 30.9 Å². The molecule has 5 heteroatoms. The molecular weight excluding hydrogens is 260 g/mol. The quantitative estimate of drug-likeness (QED) is 0.578. The van der Waals surface area contributed by atoms with Gasteiger partial charge in [-0.05, 0) is 38.7 Å². The second kappa shape index (κ2) is 5.38. The molecule has 0 radical (unpaired) electrons. The van der Waals surface area contributed by atoms with E-state index in [-0.39, 0.29) is 37.3 Å². The number of fused-ring (bicyclic) bond motifs is 1. The van der Waals surface area contributed by atoms with Gasteiger partial charge in [0.05, 0.1) is 13.2 Å². The summed E-state index contributed by atoms with van der Waals surface area (Å²) in [6.45, 7) is 5.69. The van der Waals surface area contributed by atoms with Crippen LogP contribution in [0.3, 0.4) is 0 Å². The van der Waals surface area contributed by atoms with Gasteiger partial charge in [0.25, 0.3) is 0 Å². The van der Waals surface area contributed by atoms with Crippen molar-refractivity contribution in [2.75, 3.05) is 13.2 Å². The van der Waals surface area contributed by atoms with Gasteiger partial charge in [-0.15, -0.1) is 0 Å². The van der Waals surface area contributed by atoms with Gasteiger partial charge in [0, 0.05) is 5.92 Å². The van der Waals surface area contributed by atoms with Crippen molar-refractivity contribution in [1.29, 1.82) is 0 Å². The molecule has 2 aliphatic rings. The second-order valence-corrected chi connectivity index (χ2v) is 5.42. The Hall–Kier alpha value is -1.65. The number of allylic oxidation sites excluding steroid dienone is 2. The highest BCUT2D eigenvalue weighted by molar-refractivity contribution is 6.03. The molecule has 2 aliphatic carbocycles. The molecule has 110 valence electrons. The first-order valence-corrected chi connectivity index (χ1v) is 7.05. The van der Waals surface area contributed by atoms with Crippen LogP contribution in [-0.2, 0) is 23.9 Å². The minimum absolute atomic E-state index is 0.0451. The molecule has 5 nitrogen and oxygen atoms in total. The van der Waals surface area contributed by atoms with Crippen molar-refractivity contribution < 1.29 is 23.9 Å². The molecule has 0 aliphatic heterocycles. The fraction of sp³-hybridized carbons (Fsp3) is 0.667. The van der Waals surface area contributed by atoms with Gasteiger partial charge in [-0.2, -0.15) is 0 Å². The molecule has 0 N–H and O–H groups in total. The highest BCUT2D eigenvalue weighted by atomic mass is 16.6. The van der Waals surface area contributed by atoms with Crippen molar-refractivity contribution in [3.63, 3.8) is 0 Å². The van der Waals surface area contributed by atoms with Gasteiger partial charge in [-0.25, -0.2) is 0 Å². The van der Waals surface area contributed by atoms with Crippen molar-refractivity contribution in [3.05, 3.63) is 11.6 Å². The average molecular weight is 280 g/mol. The standard InChI is InChI=1S/C15H20O5/c1-4-19-13(17)15(14(18)20-5-2)7-10-6-12(16)9(3)11(10)8-15/h6,9,11H,4-5,7-8H2,1-3H3/t9-,11-/m1/s1. The Morgan fingerprint density at radius 3 is 2.25 bits per heavy atom. The Morgan fingerprint density at radius 2 is 1.80 bits per heavy atom. The molecular formula is C15H20O5. The van der Waals surface area contributed by atoms with Crippen LogP contribution in [0, 0.1) is 17.3 Å². The topological polar surface area (TPSA) is 69.7 Å². The van der Waals surface area contributed by atoms with Crippen LogP contribution < -0.4 is 0 Å². The molecule has 0 aromatic carbocycles. The first-order chi connectivity index (χ1) is 9.46. The largest absolute Gasteiger partial charge is 0.465 e. The van der Waals surface area contributed by atoms with Crippen LogP contribution in [0.2, 0.25) is 0 Å². The molecule has 0 bridgehead atoms. The number of hydrogen-bond acceptors (Lipinski definition) is 5. The summed E-state index contributed by atoms with van der Waals surface area (Å²) in [5.74, 6) is -1.21. The molecule has 0 spiro atoms. The van der Waals surface area contributed by atoms with E-state index < -0.39 is 17.4 Å². The van der Waals surface area contributed by atoms with Crippen molar-refractivity contribution in [2.45, 2.75) is 33.6 Å². The minimum atomic E-state index is -1.27. The van der Waals surface area contributed by atoms with Crippen LogP contribution in [0.5, 0.6) is 0 Å². The Bertz CT molecular complexity index is 459. The van der Waals surface area contributed by atoms with Crippen molar-refractivity contribution in [3.8, 4) is 0 Å². The molecule has 1 saturated carbocycles. The van der Waals surface area contributed by atoms with Gasteiger partial charge < -0.3 is 9.47 Å². The predicted molar refractivity (Wildman–Crippen MR) is 70.7 cm³/mol. The lowest BCUT2D eigenvalue weighted by Gasteiger charge is -2.25. The van der Waals surface area contributed by atoms with Crippen LogP contribution in [0.1, 0.15) is 33.6 Å². The maximum absolute atomic E-state index is 12.3. The Kier molecular flexibility index (Phi) is 3.97. The van der Waals surface area contributed by atoms with E-state index in [1.165, 1.54) is 0 Å². The number of carbonyl (C=O) groups excluding carboxylic acids is 3. The second-order valence-electron chi connectivity index (χ2n) is 5.42. The first kappa shape index (κ1) is 14.8. The fourth-order valence-electron chi connectivity index (χ4n) is 3.16. The smallest absolute Gasteiger partial charge is 0.323 e. The van der Waals surface area contributed by atoms with Crippen LogP contribution >= 0.6 is 0 Å². The zero-order valence-electron chi connectivity index (χ0n) is 12.1. The van der Waals surface area contributed by atoms with Gasteiger partial charge in [0.15, 0.2) is 11.2 Å². The summed E-state index contributed by atoms with van der Waals surface area (Å²) in [5, 5.41) is 0. The number of hydrogen-bond donors (Lipinski definition) is 0. The van der Waals surface area contributed by atoms with E-state index in [1.807, 2.05) is 6.92 Å². The third-order valence-corrected chi connectivity index (χ3v) is 4.26. The zero-order chi connectivity index (χ0) is 14.9. The third-order valence-electron chi connectivity index (χ3n) is 4.26. The fourth-order valence-corrected chi connectivity index (χ4v) is 3.16. The van der Waals surface area contributed by atoms with E-state index in [0.717, 1.165) is 5.57 Å². The number of ether oxygens (including phenoxy) is 2. The Morgan fingerprint density at radius 1 is 1.25 bits per heavy atom. The summed E-state index contributed by atoms with van der Waals surface area (Å²) in [6, 6.07) is 0. The molecule has 0 unspecified atom stereocenters. The molecule has 0 saturated heterocycles. The van der Waals surface area contributed by atoms with E-state index in [0.29, 0.717) is 6.42 Å². The maximum Gasteiger partial charge on any atom is 0.323 e. The number of esters is 2. The predicted octanol–water partition coefficient (Wildman–Crippen LogP) is 1.65. The molecule has 2 atom stereocenters. The van der Waals surface area contributed by atoms with Crippen molar-refractivity contribution >= 4 is 17.7 Å². The van der Waals surface area contributed by atoms with E-state index in [9.17, 15) is 14.4 Å². The van der Waals surface area contributed by atoms with Crippen molar-refractivity contribution in [1.82, 2.24) is 0 Å². The third kappa shape index (κ3) is 2.15. The molecule has 0 aromatic heterocycles. The van der Waals surface area contributed by atoms with E-state index in [4.69, 9.17) is 9.47 Å². The SMILES string of the molecule is CCOC(=O)C1(C(=O)OCC)CC2=CC(=O)[C@H](C)[C@H]2C1. The first-order valence-electron chi connectivity index (χ1n) is 7.05. The number of rotatable bonds is 4. The van der Waals surface area contributed by atoms with E-state index in [2.05, 4.69) is 0 Å². The Balaban J connectivity index is 2.32. The van der Waals surface area contributed by atoms with Crippen LogP contribution in [0.15, 0.2) is 11.6 Å². The molecule has 2 rings (SSSR count). The normalized spacial score (nSPS) is 26.9. The molecule has 0 heterocycles. The van der Waals surface area contributed by atoms with E-state index >= 15 is 0 Å².